The van der Waals surface area contributed by atoms with Crippen molar-refractivity contribution in [2.75, 3.05) is 39.3 Å². The summed E-state index contributed by atoms with van der Waals surface area (Å²) in [6.07, 6.45) is 13.5. The molecule has 0 bridgehead atoms. The average molecular weight is 535 g/mol. The summed E-state index contributed by atoms with van der Waals surface area (Å²) in [7, 11) is 0. The van der Waals surface area contributed by atoms with Crippen molar-refractivity contribution in [3.8, 4) is 0 Å². The summed E-state index contributed by atoms with van der Waals surface area (Å²) in [5.41, 5.74) is 1.86. The molecule has 1 saturated heterocycles. The minimum Gasteiger partial charge on any atom is -0.412 e. The highest BCUT2D eigenvalue weighted by Gasteiger charge is 2.40. The molecule has 0 spiro atoms. The number of likely N-dealkylation sites (tertiary alicyclic amines) is 1. The second-order valence-corrected chi connectivity index (χ2v) is 12.0. The first-order valence-electron chi connectivity index (χ1n) is 13.2. The lowest BCUT2D eigenvalue weighted by Crippen LogP contribution is -2.53. The van der Waals surface area contributed by atoms with E-state index in [1.807, 2.05) is 0 Å². The van der Waals surface area contributed by atoms with Gasteiger partial charge in [-0.25, -0.2) is 0 Å². The molecule has 216 valence electrons. The number of halogens is 1. The summed E-state index contributed by atoms with van der Waals surface area (Å²) in [6.45, 7) is 18.6. The van der Waals surface area contributed by atoms with Crippen molar-refractivity contribution < 1.29 is 16.4 Å². The lowest BCUT2D eigenvalue weighted by Gasteiger charge is -2.48. The number of allylic oxidation sites excluding steroid dienone is 2. The first kappa shape index (κ1) is 37.6. The first-order chi connectivity index (χ1) is 15.3. The molecule has 0 aromatic heterocycles. The van der Waals surface area contributed by atoms with Crippen molar-refractivity contribution in [2.45, 2.75) is 91.7 Å². The van der Waals surface area contributed by atoms with Crippen LogP contribution in [0.5, 0.6) is 0 Å². The molecule has 9 N–H and O–H groups in total. The van der Waals surface area contributed by atoms with Crippen molar-refractivity contribution in [1.82, 2.24) is 20.9 Å². The fourth-order valence-corrected chi connectivity index (χ4v) is 6.14. The Labute approximate surface area is 226 Å². The van der Waals surface area contributed by atoms with Crippen LogP contribution < -0.4 is 16.0 Å². The molecule has 2 heterocycles. The lowest BCUT2D eigenvalue weighted by molar-refractivity contribution is 0.0222. The maximum absolute atomic E-state index is 6.30. The summed E-state index contributed by atoms with van der Waals surface area (Å²) in [6, 6.07) is 0.533. The molecular formula is C28H59ClN4O3. The Balaban J connectivity index is 0. The Morgan fingerprint density at radius 1 is 1.14 bits per heavy atom. The molecule has 4 unspecified atom stereocenters. The molecular weight excluding hydrogens is 476 g/mol. The molecule has 0 aromatic carbocycles. The van der Waals surface area contributed by atoms with E-state index < -0.39 is 0 Å². The van der Waals surface area contributed by atoms with Gasteiger partial charge >= 0.3 is 0 Å². The van der Waals surface area contributed by atoms with Gasteiger partial charge in [-0.2, -0.15) is 0 Å². The second-order valence-electron chi connectivity index (χ2n) is 11.5. The first-order valence-corrected chi connectivity index (χ1v) is 13.6. The highest BCUT2D eigenvalue weighted by Crippen LogP contribution is 2.43. The third kappa shape index (κ3) is 11.1. The average Bonchev–Trinajstić information content (AvgIpc) is 2.76. The molecule has 7 nitrogen and oxygen atoms in total. The van der Waals surface area contributed by atoms with Gasteiger partial charge < -0.3 is 32.0 Å². The molecule has 5 atom stereocenters. The highest BCUT2D eigenvalue weighted by molar-refractivity contribution is 6.21. The van der Waals surface area contributed by atoms with Crippen molar-refractivity contribution in [3.05, 3.63) is 23.8 Å². The second kappa shape index (κ2) is 17.9. The van der Waals surface area contributed by atoms with Gasteiger partial charge in [-0.3, -0.25) is 5.32 Å². The van der Waals surface area contributed by atoms with Gasteiger partial charge in [-0.15, -0.1) is 11.6 Å². The van der Waals surface area contributed by atoms with Crippen molar-refractivity contribution >= 4 is 11.6 Å². The third-order valence-corrected chi connectivity index (χ3v) is 8.32. The van der Waals surface area contributed by atoms with Crippen LogP contribution in [0, 0.1) is 23.2 Å². The van der Waals surface area contributed by atoms with Crippen LogP contribution >= 0.6 is 11.6 Å². The lowest BCUT2D eigenvalue weighted by atomic mass is 9.65. The number of nitrogens with zero attached hydrogens (tertiary/aromatic N) is 1. The van der Waals surface area contributed by atoms with Gasteiger partial charge in [0.05, 0.1) is 11.5 Å². The maximum atomic E-state index is 6.30. The number of alkyl halides is 1. The number of rotatable bonds is 10. The monoisotopic (exact) mass is 534 g/mol. The van der Waals surface area contributed by atoms with E-state index in [1.165, 1.54) is 37.9 Å². The Kier molecular flexibility index (Phi) is 18.7. The zero-order valence-electron chi connectivity index (χ0n) is 22.8. The van der Waals surface area contributed by atoms with E-state index in [4.69, 9.17) is 11.6 Å². The predicted molar refractivity (Wildman–Crippen MR) is 157 cm³/mol. The molecule has 0 amide bonds. The van der Waals surface area contributed by atoms with Crippen LogP contribution in [0.25, 0.3) is 0 Å². The Hall–Kier alpha value is -0.510. The molecule has 3 rings (SSSR count). The summed E-state index contributed by atoms with van der Waals surface area (Å²) >= 11 is 6.30. The van der Waals surface area contributed by atoms with Crippen molar-refractivity contribution in [3.63, 3.8) is 0 Å². The van der Waals surface area contributed by atoms with Crippen LogP contribution in [0.15, 0.2) is 23.8 Å². The SMILES string of the molecule is C.CCCNC1CC=C(CN[C@@H](CN2CCC(C3C=CC(Cl)CC3)C(C)(C)C2)C(C)C)CN1.O.O.O. The van der Waals surface area contributed by atoms with E-state index in [9.17, 15) is 0 Å². The normalized spacial score (nSPS) is 28.6. The standard InChI is InChI=1S/C27H49ClN4.CH4.3H2O/c1-6-14-29-26-12-7-21(17-31-26)16-30-25(20(2)3)18-32-15-13-24(27(4,5)19-32)22-8-10-23(28)11-9-22;;;;/h7-8,10,20,22-26,29-31H,6,9,11-19H2,1-5H3;1H4;3*1H2/t22?,23?,24?,25-,26?;;;;/m0..../s1. The van der Waals surface area contributed by atoms with Gasteiger partial charge in [0.2, 0.25) is 0 Å². The van der Waals surface area contributed by atoms with E-state index >= 15 is 0 Å². The van der Waals surface area contributed by atoms with E-state index in [2.05, 4.69) is 73.7 Å². The van der Waals surface area contributed by atoms with Crippen molar-refractivity contribution in [2.24, 2.45) is 23.2 Å². The van der Waals surface area contributed by atoms with Crippen LogP contribution in [0.4, 0.5) is 0 Å². The fraction of sp³-hybridized carbons (Fsp3) is 0.857. The quantitative estimate of drug-likeness (QED) is 0.293. The smallest absolute Gasteiger partial charge is 0.0609 e. The van der Waals surface area contributed by atoms with E-state index in [-0.39, 0.29) is 29.2 Å². The summed E-state index contributed by atoms with van der Waals surface area (Å²) in [5.74, 6) is 2.12. The van der Waals surface area contributed by atoms with E-state index in [0.29, 0.717) is 29.5 Å². The number of nitrogens with one attached hydrogen (secondary N) is 3. The highest BCUT2D eigenvalue weighted by atomic mass is 35.5. The molecule has 1 aliphatic carbocycles. The number of hydrogen-bond acceptors (Lipinski definition) is 4. The molecule has 0 saturated carbocycles. The zero-order chi connectivity index (χ0) is 23.1. The third-order valence-electron chi connectivity index (χ3n) is 7.96. The number of hydrogen-bond donors (Lipinski definition) is 3. The van der Waals surface area contributed by atoms with Crippen molar-refractivity contribution in [1.29, 1.82) is 0 Å². The molecule has 3 aliphatic rings. The van der Waals surface area contributed by atoms with Gasteiger partial charge in [-0.05, 0) is 73.9 Å². The van der Waals surface area contributed by atoms with Gasteiger partial charge in [-0.1, -0.05) is 60.3 Å². The van der Waals surface area contributed by atoms with Crippen LogP contribution in [0.3, 0.4) is 0 Å². The largest absolute Gasteiger partial charge is 0.412 e. The minimum atomic E-state index is 0. The summed E-state index contributed by atoms with van der Waals surface area (Å²) < 4.78 is 0. The Bertz CT molecular complexity index is 644. The molecule has 8 heteroatoms. The van der Waals surface area contributed by atoms with Gasteiger partial charge in [0, 0.05) is 32.2 Å². The van der Waals surface area contributed by atoms with Crippen LogP contribution in [0.1, 0.15) is 74.1 Å². The molecule has 0 aromatic rings. The molecule has 2 aliphatic heterocycles. The summed E-state index contributed by atoms with van der Waals surface area (Å²) in [4.78, 5) is 2.73. The Morgan fingerprint density at radius 2 is 1.86 bits per heavy atom. The molecule has 0 radical (unpaired) electrons. The minimum absolute atomic E-state index is 0. The van der Waals surface area contributed by atoms with E-state index in [1.54, 1.807) is 0 Å². The van der Waals surface area contributed by atoms with E-state index in [0.717, 1.165) is 44.9 Å². The van der Waals surface area contributed by atoms with Crippen LogP contribution in [0.2, 0.25) is 0 Å². The van der Waals surface area contributed by atoms with Crippen LogP contribution in [-0.2, 0) is 0 Å². The fourth-order valence-electron chi connectivity index (χ4n) is 5.93. The summed E-state index contributed by atoms with van der Waals surface area (Å²) in [5, 5.41) is 11.4. The maximum Gasteiger partial charge on any atom is 0.0609 e. The zero-order valence-corrected chi connectivity index (χ0v) is 23.6. The van der Waals surface area contributed by atoms with Crippen LogP contribution in [-0.4, -0.2) is 78.2 Å². The van der Waals surface area contributed by atoms with Gasteiger partial charge in [0.15, 0.2) is 0 Å². The predicted octanol–water partition coefficient (Wildman–Crippen LogP) is 2.93. The topological polar surface area (TPSA) is 134 Å². The molecule has 1 fully saturated rings. The van der Waals surface area contributed by atoms with Gasteiger partial charge in [0.1, 0.15) is 0 Å². The number of piperidine rings is 1. The Morgan fingerprint density at radius 3 is 2.39 bits per heavy atom. The molecule has 36 heavy (non-hydrogen) atoms. The van der Waals surface area contributed by atoms with Gasteiger partial charge in [0.25, 0.3) is 0 Å².